The lowest BCUT2D eigenvalue weighted by atomic mass is 10.0. The van der Waals surface area contributed by atoms with Crippen molar-refractivity contribution < 1.29 is 0 Å². The van der Waals surface area contributed by atoms with E-state index in [4.69, 9.17) is 0 Å². The van der Waals surface area contributed by atoms with Crippen LogP contribution in [0, 0.1) is 5.92 Å². The summed E-state index contributed by atoms with van der Waals surface area (Å²) in [6, 6.07) is 11.7. The summed E-state index contributed by atoms with van der Waals surface area (Å²) in [6.45, 7) is 3.63. The largest absolute Gasteiger partial charge is 0.368 e. The highest BCUT2D eigenvalue weighted by molar-refractivity contribution is 5.47. The number of nitrogens with zero attached hydrogens (tertiary/aromatic N) is 1. The first-order valence-corrected chi connectivity index (χ1v) is 6.96. The van der Waals surface area contributed by atoms with Crippen LogP contribution in [-0.4, -0.2) is 25.7 Å². The van der Waals surface area contributed by atoms with Crippen LogP contribution in [0.5, 0.6) is 0 Å². The van der Waals surface area contributed by atoms with Gasteiger partial charge in [0.05, 0.1) is 0 Å². The number of para-hydroxylation sites is 1. The van der Waals surface area contributed by atoms with E-state index in [-0.39, 0.29) is 0 Å². The minimum atomic E-state index is 0.749. The van der Waals surface area contributed by atoms with E-state index in [0.717, 1.165) is 12.0 Å². The quantitative estimate of drug-likeness (QED) is 0.855. The van der Waals surface area contributed by atoms with Gasteiger partial charge in [-0.05, 0) is 56.8 Å². The van der Waals surface area contributed by atoms with Gasteiger partial charge in [0.15, 0.2) is 0 Å². The van der Waals surface area contributed by atoms with Crippen LogP contribution in [0.4, 0.5) is 5.69 Å². The molecule has 1 aromatic rings. The standard InChI is InChI=1S/C15H22N2/c1-2-4-14(5-3-1)17(12-13-6-7-13)15-8-10-16-11-9-15/h1-5,13,15-16H,6-12H2. The van der Waals surface area contributed by atoms with Gasteiger partial charge >= 0.3 is 0 Å². The molecule has 0 amide bonds. The molecule has 1 N–H and O–H groups in total. The fraction of sp³-hybridized carbons (Fsp3) is 0.600. The maximum Gasteiger partial charge on any atom is 0.0368 e. The topological polar surface area (TPSA) is 15.3 Å². The van der Waals surface area contributed by atoms with Gasteiger partial charge in [0, 0.05) is 18.3 Å². The van der Waals surface area contributed by atoms with Crippen LogP contribution in [0.2, 0.25) is 0 Å². The predicted molar refractivity (Wildman–Crippen MR) is 72.4 cm³/mol. The smallest absolute Gasteiger partial charge is 0.0368 e. The molecule has 17 heavy (non-hydrogen) atoms. The summed E-state index contributed by atoms with van der Waals surface area (Å²) < 4.78 is 0. The van der Waals surface area contributed by atoms with Gasteiger partial charge in [-0.3, -0.25) is 0 Å². The van der Waals surface area contributed by atoms with Crippen LogP contribution in [0.25, 0.3) is 0 Å². The first-order valence-electron chi connectivity index (χ1n) is 6.96. The Bertz CT molecular complexity index is 339. The lowest BCUT2D eigenvalue weighted by Gasteiger charge is -2.36. The molecule has 2 nitrogen and oxygen atoms in total. The summed E-state index contributed by atoms with van der Waals surface area (Å²) in [5.74, 6) is 0.963. The highest BCUT2D eigenvalue weighted by Crippen LogP contribution is 2.33. The molecule has 1 heterocycles. The van der Waals surface area contributed by atoms with Crippen molar-refractivity contribution in [2.24, 2.45) is 5.92 Å². The van der Waals surface area contributed by atoms with E-state index in [0.29, 0.717) is 0 Å². The molecule has 1 saturated carbocycles. The molecule has 1 saturated heterocycles. The average Bonchev–Trinajstić information content (AvgIpc) is 3.22. The van der Waals surface area contributed by atoms with Gasteiger partial charge in [-0.15, -0.1) is 0 Å². The Morgan fingerprint density at radius 3 is 2.35 bits per heavy atom. The van der Waals surface area contributed by atoms with E-state index in [1.165, 1.54) is 51.0 Å². The van der Waals surface area contributed by atoms with E-state index in [1.807, 2.05) is 0 Å². The summed E-state index contributed by atoms with van der Waals surface area (Å²) in [5, 5.41) is 3.46. The lowest BCUT2D eigenvalue weighted by Crippen LogP contribution is -2.44. The fourth-order valence-electron chi connectivity index (χ4n) is 2.78. The minimum Gasteiger partial charge on any atom is -0.368 e. The van der Waals surface area contributed by atoms with Crippen LogP contribution in [0.3, 0.4) is 0 Å². The first kappa shape index (κ1) is 11.1. The Hall–Kier alpha value is -1.02. The van der Waals surface area contributed by atoms with Crippen LogP contribution >= 0.6 is 0 Å². The van der Waals surface area contributed by atoms with Crippen LogP contribution < -0.4 is 10.2 Å². The maximum absolute atomic E-state index is 3.46. The van der Waals surface area contributed by atoms with Crippen molar-refractivity contribution in [3.05, 3.63) is 30.3 Å². The van der Waals surface area contributed by atoms with Crippen molar-refractivity contribution in [3.8, 4) is 0 Å². The number of anilines is 1. The molecule has 2 fully saturated rings. The monoisotopic (exact) mass is 230 g/mol. The average molecular weight is 230 g/mol. The van der Waals surface area contributed by atoms with Gasteiger partial charge in [-0.2, -0.15) is 0 Å². The zero-order valence-electron chi connectivity index (χ0n) is 10.4. The number of hydrogen-bond acceptors (Lipinski definition) is 2. The van der Waals surface area contributed by atoms with Gasteiger partial charge in [-0.25, -0.2) is 0 Å². The van der Waals surface area contributed by atoms with Crippen molar-refractivity contribution >= 4 is 5.69 Å². The third-order valence-corrected chi connectivity index (χ3v) is 3.99. The van der Waals surface area contributed by atoms with Crippen LogP contribution in [0.15, 0.2) is 30.3 Å². The molecule has 0 bridgehead atoms. The van der Waals surface area contributed by atoms with Crippen molar-refractivity contribution in [1.82, 2.24) is 5.32 Å². The van der Waals surface area contributed by atoms with E-state index >= 15 is 0 Å². The Morgan fingerprint density at radius 1 is 1.00 bits per heavy atom. The Morgan fingerprint density at radius 2 is 1.71 bits per heavy atom. The van der Waals surface area contributed by atoms with E-state index in [1.54, 1.807) is 0 Å². The van der Waals surface area contributed by atoms with Crippen molar-refractivity contribution in [3.63, 3.8) is 0 Å². The van der Waals surface area contributed by atoms with Crippen molar-refractivity contribution in [1.29, 1.82) is 0 Å². The molecule has 1 aromatic carbocycles. The van der Waals surface area contributed by atoms with E-state index in [9.17, 15) is 0 Å². The third-order valence-electron chi connectivity index (χ3n) is 3.99. The molecule has 0 aromatic heterocycles. The van der Waals surface area contributed by atoms with Crippen LogP contribution in [0.1, 0.15) is 25.7 Å². The molecular weight excluding hydrogens is 208 g/mol. The second kappa shape index (κ2) is 5.09. The molecule has 0 unspecified atom stereocenters. The molecule has 0 atom stereocenters. The summed E-state index contributed by atoms with van der Waals surface area (Å²) in [5.41, 5.74) is 1.42. The van der Waals surface area contributed by atoms with E-state index < -0.39 is 0 Å². The molecule has 2 aliphatic rings. The number of piperidine rings is 1. The first-order chi connectivity index (χ1) is 8.43. The van der Waals surface area contributed by atoms with Gasteiger partial charge in [0.2, 0.25) is 0 Å². The van der Waals surface area contributed by atoms with Gasteiger partial charge < -0.3 is 10.2 Å². The van der Waals surface area contributed by atoms with E-state index in [2.05, 4.69) is 40.5 Å². The number of hydrogen-bond donors (Lipinski definition) is 1. The zero-order chi connectivity index (χ0) is 11.5. The van der Waals surface area contributed by atoms with Gasteiger partial charge in [0.1, 0.15) is 0 Å². The molecule has 2 heteroatoms. The Kier molecular flexibility index (Phi) is 3.32. The predicted octanol–water partition coefficient (Wildman–Crippen LogP) is 2.66. The highest BCUT2D eigenvalue weighted by atomic mass is 15.2. The number of benzene rings is 1. The molecule has 0 spiro atoms. The normalized spacial score (nSPS) is 21.4. The summed E-state index contributed by atoms with van der Waals surface area (Å²) in [7, 11) is 0. The SMILES string of the molecule is c1ccc(N(CC2CC2)C2CCNCC2)cc1. The minimum absolute atomic E-state index is 0.749. The second-order valence-corrected chi connectivity index (χ2v) is 5.41. The molecule has 1 aliphatic heterocycles. The van der Waals surface area contributed by atoms with Gasteiger partial charge in [-0.1, -0.05) is 18.2 Å². The highest BCUT2D eigenvalue weighted by Gasteiger charge is 2.28. The molecule has 0 radical (unpaired) electrons. The molecule has 3 rings (SSSR count). The second-order valence-electron chi connectivity index (χ2n) is 5.41. The van der Waals surface area contributed by atoms with Crippen LogP contribution in [-0.2, 0) is 0 Å². The summed E-state index contributed by atoms with van der Waals surface area (Å²) >= 11 is 0. The lowest BCUT2D eigenvalue weighted by molar-refractivity contribution is 0.425. The van der Waals surface area contributed by atoms with Gasteiger partial charge in [0.25, 0.3) is 0 Å². The van der Waals surface area contributed by atoms with Crippen molar-refractivity contribution in [2.45, 2.75) is 31.7 Å². The molecular formula is C15H22N2. The molecule has 92 valence electrons. The maximum atomic E-state index is 3.46. The number of rotatable bonds is 4. The summed E-state index contributed by atoms with van der Waals surface area (Å²) in [4.78, 5) is 2.67. The Labute approximate surface area is 104 Å². The number of nitrogens with one attached hydrogen (secondary N) is 1. The summed E-state index contributed by atoms with van der Waals surface area (Å²) in [6.07, 6.45) is 5.46. The Balaban J connectivity index is 1.75. The fourth-order valence-corrected chi connectivity index (χ4v) is 2.78. The zero-order valence-corrected chi connectivity index (χ0v) is 10.4. The third kappa shape index (κ3) is 2.81. The molecule has 1 aliphatic carbocycles. The van der Waals surface area contributed by atoms with Crippen molar-refractivity contribution in [2.75, 3.05) is 24.5 Å².